The van der Waals surface area contributed by atoms with Crippen LogP contribution in [-0.2, 0) is 0 Å². The Kier molecular flexibility index (Phi) is 2.82. The summed E-state index contributed by atoms with van der Waals surface area (Å²) in [7, 11) is 0. The molecule has 0 aliphatic heterocycles. The number of nitrogens with one attached hydrogen (secondary N) is 1. The van der Waals surface area contributed by atoms with E-state index in [9.17, 15) is 4.79 Å². The molecule has 3 N–H and O–H groups in total. The SMILES string of the molecule is Cc1cc(N)cc(C(=O)Nc2cc(C)no2)c1. The van der Waals surface area contributed by atoms with Gasteiger partial charge >= 0.3 is 0 Å². The van der Waals surface area contributed by atoms with Gasteiger partial charge in [0.05, 0.1) is 5.69 Å². The van der Waals surface area contributed by atoms with Crippen LogP contribution < -0.4 is 11.1 Å². The van der Waals surface area contributed by atoms with E-state index in [1.807, 2.05) is 6.92 Å². The van der Waals surface area contributed by atoms with E-state index in [0.717, 1.165) is 5.56 Å². The first kappa shape index (κ1) is 11.2. The molecule has 0 unspecified atom stereocenters. The van der Waals surface area contributed by atoms with Crippen LogP contribution in [0.5, 0.6) is 0 Å². The van der Waals surface area contributed by atoms with Gasteiger partial charge in [-0.2, -0.15) is 0 Å². The van der Waals surface area contributed by atoms with Crippen molar-refractivity contribution in [1.82, 2.24) is 5.16 Å². The fraction of sp³-hybridized carbons (Fsp3) is 0.167. The van der Waals surface area contributed by atoms with Gasteiger partial charge in [0.1, 0.15) is 0 Å². The van der Waals surface area contributed by atoms with Gasteiger partial charge in [0.25, 0.3) is 5.91 Å². The zero-order valence-corrected chi connectivity index (χ0v) is 9.65. The Morgan fingerprint density at radius 1 is 1.29 bits per heavy atom. The van der Waals surface area contributed by atoms with E-state index in [1.165, 1.54) is 0 Å². The number of benzene rings is 1. The second-order valence-corrected chi connectivity index (χ2v) is 3.92. The van der Waals surface area contributed by atoms with Crippen molar-refractivity contribution in [3.63, 3.8) is 0 Å². The number of nitrogens with zero attached hydrogens (tertiary/aromatic N) is 1. The minimum atomic E-state index is -0.267. The summed E-state index contributed by atoms with van der Waals surface area (Å²) < 4.78 is 4.90. The Hall–Kier alpha value is -2.30. The number of aromatic nitrogens is 1. The number of hydrogen-bond acceptors (Lipinski definition) is 4. The van der Waals surface area contributed by atoms with E-state index >= 15 is 0 Å². The predicted molar refractivity (Wildman–Crippen MR) is 64.8 cm³/mol. The van der Waals surface area contributed by atoms with E-state index < -0.39 is 0 Å². The highest BCUT2D eigenvalue weighted by Gasteiger charge is 2.09. The van der Waals surface area contributed by atoms with Crippen molar-refractivity contribution in [2.24, 2.45) is 0 Å². The molecular weight excluding hydrogens is 218 g/mol. The van der Waals surface area contributed by atoms with Crippen LogP contribution in [0.4, 0.5) is 11.6 Å². The predicted octanol–water partition coefficient (Wildman–Crippen LogP) is 2.13. The summed E-state index contributed by atoms with van der Waals surface area (Å²) in [6, 6.07) is 6.83. The van der Waals surface area contributed by atoms with Crippen molar-refractivity contribution in [1.29, 1.82) is 0 Å². The molecule has 17 heavy (non-hydrogen) atoms. The molecule has 0 aliphatic carbocycles. The van der Waals surface area contributed by atoms with E-state index in [-0.39, 0.29) is 5.91 Å². The summed E-state index contributed by atoms with van der Waals surface area (Å²) in [6.07, 6.45) is 0. The van der Waals surface area contributed by atoms with Crippen molar-refractivity contribution in [2.75, 3.05) is 11.1 Å². The van der Waals surface area contributed by atoms with Gasteiger partial charge in [-0.05, 0) is 37.6 Å². The number of carbonyl (C=O) groups is 1. The van der Waals surface area contributed by atoms with Crippen LogP contribution in [0.1, 0.15) is 21.6 Å². The van der Waals surface area contributed by atoms with Crippen molar-refractivity contribution < 1.29 is 9.32 Å². The summed E-state index contributed by atoms with van der Waals surface area (Å²) in [5, 5.41) is 6.29. The Morgan fingerprint density at radius 3 is 2.65 bits per heavy atom. The average Bonchev–Trinajstić information content (AvgIpc) is 2.62. The highest BCUT2D eigenvalue weighted by molar-refractivity contribution is 6.04. The normalized spacial score (nSPS) is 10.2. The smallest absolute Gasteiger partial charge is 0.258 e. The first-order valence-electron chi connectivity index (χ1n) is 5.16. The molecule has 0 aliphatic rings. The van der Waals surface area contributed by atoms with Crippen LogP contribution in [-0.4, -0.2) is 11.1 Å². The van der Waals surface area contributed by atoms with Gasteiger partial charge in [0, 0.05) is 17.3 Å². The number of amides is 1. The summed E-state index contributed by atoms with van der Waals surface area (Å²) >= 11 is 0. The molecule has 1 heterocycles. The molecule has 0 fully saturated rings. The van der Waals surface area contributed by atoms with E-state index in [0.29, 0.717) is 22.8 Å². The first-order chi connectivity index (χ1) is 8.04. The molecule has 1 aromatic carbocycles. The number of hydrogen-bond donors (Lipinski definition) is 2. The maximum Gasteiger partial charge on any atom is 0.258 e. The lowest BCUT2D eigenvalue weighted by molar-refractivity contribution is 0.102. The fourth-order valence-electron chi connectivity index (χ4n) is 1.55. The van der Waals surface area contributed by atoms with Crippen LogP contribution in [0.25, 0.3) is 0 Å². The molecule has 0 spiro atoms. The summed E-state index contributed by atoms with van der Waals surface area (Å²) in [5.41, 5.74) is 8.38. The molecule has 0 atom stereocenters. The number of carbonyl (C=O) groups excluding carboxylic acids is 1. The average molecular weight is 231 g/mol. The number of rotatable bonds is 2. The molecule has 2 rings (SSSR count). The second kappa shape index (κ2) is 4.29. The standard InChI is InChI=1S/C12H13N3O2/c1-7-3-9(6-10(13)4-7)12(16)14-11-5-8(2)15-17-11/h3-6H,13H2,1-2H3,(H,14,16). The van der Waals surface area contributed by atoms with Gasteiger partial charge in [-0.25, -0.2) is 0 Å². The number of nitrogen functional groups attached to an aromatic ring is 1. The van der Waals surface area contributed by atoms with Gasteiger partial charge in [0.15, 0.2) is 0 Å². The van der Waals surface area contributed by atoms with E-state index in [2.05, 4.69) is 10.5 Å². The lowest BCUT2D eigenvalue weighted by Crippen LogP contribution is -2.11. The zero-order valence-electron chi connectivity index (χ0n) is 9.65. The van der Waals surface area contributed by atoms with Crippen LogP contribution in [0, 0.1) is 13.8 Å². The molecule has 1 amide bonds. The third kappa shape index (κ3) is 2.63. The molecule has 1 aromatic heterocycles. The van der Waals surface area contributed by atoms with Crippen LogP contribution >= 0.6 is 0 Å². The molecule has 0 radical (unpaired) electrons. The van der Waals surface area contributed by atoms with Crippen LogP contribution in [0.3, 0.4) is 0 Å². The largest absolute Gasteiger partial charge is 0.399 e. The zero-order chi connectivity index (χ0) is 12.4. The van der Waals surface area contributed by atoms with Gasteiger partial charge in [-0.3, -0.25) is 10.1 Å². The maximum absolute atomic E-state index is 11.9. The fourth-order valence-corrected chi connectivity index (χ4v) is 1.55. The van der Waals surface area contributed by atoms with Crippen molar-refractivity contribution in [2.45, 2.75) is 13.8 Å². The minimum Gasteiger partial charge on any atom is -0.399 e. The van der Waals surface area contributed by atoms with Gasteiger partial charge in [0.2, 0.25) is 5.88 Å². The molecule has 0 bridgehead atoms. The van der Waals surface area contributed by atoms with Crippen molar-refractivity contribution in [3.8, 4) is 0 Å². The molecule has 0 saturated carbocycles. The quantitative estimate of drug-likeness (QED) is 0.776. The topological polar surface area (TPSA) is 81.2 Å². The summed E-state index contributed by atoms with van der Waals surface area (Å²) in [6.45, 7) is 3.66. The first-order valence-corrected chi connectivity index (χ1v) is 5.16. The Balaban J connectivity index is 2.19. The van der Waals surface area contributed by atoms with E-state index in [1.54, 1.807) is 31.2 Å². The monoisotopic (exact) mass is 231 g/mol. The number of aryl methyl sites for hydroxylation is 2. The highest BCUT2D eigenvalue weighted by Crippen LogP contribution is 2.14. The molecule has 2 aromatic rings. The lowest BCUT2D eigenvalue weighted by Gasteiger charge is -2.04. The Labute approximate surface area is 98.6 Å². The Bertz CT molecular complexity index is 540. The van der Waals surface area contributed by atoms with Crippen molar-refractivity contribution in [3.05, 3.63) is 41.1 Å². The highest BCUT2D eigenvalue weighted by atomic mass is 16.5. The third-order valence-electron chi connectivity index (χ3n) is 2.23. The lowest BCUT2D eigenvalue weighted by atomic mass is 10.1. The molecule has 5 nitrogen and oxygen atoms in total. The van der Waals surface area contributed by atoms with E-state index in [4.69, 9.17) is 10.3 Å². The van der Waals surface area contributed by atoms with Gasteiger partial charge < -0.3 is 10.3 Å². The van der Waals surface area contributed by atoms with Crippen LogP contribution in [0.15, 0.2) is 28.8 Å². The third-order valence-corrected chi connectivity index (χ3v) is 2.23. The van der Waals surface area contributed by atoms with Crippen molar-refractivity contribution >= 4 is 17.5 Å². The number of nitrogens with two attached hydrogens (primary N) is 1. The molecular formula is C12H13N3O2. The maximum atomic E-state index is 11.9. The molecule has 88 valence electrons. The van der Waals surface area contributed by atoms with Gasteiger partial charge in [-0.15, -0.1) is 0 Å². The molecule has 5 heteroatoms. The van der Waals surface area contributed by atoms with Gasteiger partial charge in [-0.1, -0.05) is 5.16 Å². The second-order valence-electron chi connectivity index (χ2n) is 3.92. The Morgan fingerprint density at radius 2 is 2.06 bits per heavy atom. The summed E-state index contributed by atoms with van der Waals surface area (Å²) in [5.74, 6) is 0.0594. The minimum absolute atomic E-state index is 0.267. The molecule has 0 saturated heterocycles. The summed E-state index contributed by atoms with van der Waals surface area (Å²) in [4.78, 5) is 11.9. The van der Waals surface area contributed by atoms with Crippen LogP contribution in [0.2, 0.25) is 0 Å². The number of anilines is 2.